The van der Waals surface area contributed by atoms with Crippen LogP contribution in [0.4, 0.5) is 0 Å². The van der Waals surface area contributed by atoms with Crippen molar-refractivity contribution in [1.82, 2.24) is 15.5 Å². The molecule has 0 saturated heterocycles. The maximum atomic E-state index is 11.1. The lowest BCUT2D eigenvalue weighted by atomic mass is 10.2. The summed E-state index contributed by atoms with van der Waals surface area (Å²) in [5, 5.41) is 19.8. The molecule has 1 aliphatic carbocycles. The monoisotopic (exact) mass is 279 g/mol. The highest BCUT2D eigenvalue weighted by molar-refractivity contribution is 7.08. The van der Waals surface area contributed by atoms with Gasteiger partial charge in [-0.3, -0.25) is 10.1 Å². The molecule has 2 heterocycles. The third kappa shape index (κ3) is 2.82. The number of nitrogens with one attached hydrogen (secondary N) is 1. The molecule has 1 aliphatic rings. The Balaban J connectivity index is 1.62. The van der Waals surface area contributed by atoms with Crippen LogP contribution in [-0.2, 0) is 11.3 Å². The Morgan fingerprint density at radius 3 is 3.11 bits per heavy atom. The van der Waals surface area contributed by atoms with Crippen molar-refractivity contribution in [2.45, 2.75) is 25.4 Å². The summed E-state index contributed by atoms with van der Waals surface area (Å²) in [5.41, 5.74) is 0.890. The Hall–Kier alpha value is -1.73. The van der Waals surface area contributed by atoms with Crippen molar-refractivity contribution in [2.24, 2.45) is 5.92 Å². The average molecular weight is 279 g/mol. The number of aromatic nitrogens is 2. The van der Waals surface area contributed by atoms with Crippen LogP contribution in [-0.4, -0.2) is 27.3 Å². The maximum absolute atomic E-state index is 11.1. The first-order valence-corrected chi connectivity index (χ1v) is 6.99. The first-order chi connectivity index (χ1) is 9.24. The molecule has 2 N–H and O–H groups in total. The third-order valence-electron chi connectivity index (χ3n) is 3.08. The summed E-state index contributed by atoms with van der Waals surface area (Å²) < 4.78 is 5.14. The van der Waals surface area contributed by atoms with Gasteiger partial charge >= 0.3 is 5.97 Å². The van der Waals surface area contributed by atoms with E-state index in [0.29, 0.717) is 18.3 Å². The second-order valence-electron chi connectivity index (χ2n) is 4.56. The first-order valence-electron chi connectivity index (χ1n) is 6.05. The first kappa shape index (κ1) is 12.3. The quantitative estimate of drug-likeness (QED) is 0.837. The van der Waals surface area contributed by atoms with Gasteiger partial charge in [-0.2, -0.15) is 16.3 Å². The summed E-state index contributed by atoms with van der Waals surface area (Å²) in [6.07, 6.45) is 1.94. The standard InChI is InChI=1S/C12H13N3O3S/c16-12(17)10(7-1-2-7)13-5-9-14-11(18-15-9)8-3-4-19-6-8/h3-4,6-7,10,13H,1-2,5H2,(H,16,17). The number of aliphatic carboxylic acids is 1. The lowest BCUT2D eigenvalue weighted by molar-refractivity contribution is -0.140. The molecule has 0 aliphatic heterocycles. The molecule has 0 radical (unpaired) electrons. The summed E-state index contributed by atoms with van der Waals surface area (Å²) in [4.78, 5) is 15.3. The Labute approximate surface area is 113 Å². The predicted octanol–water partition coefficient (Wildman–Crippen LogP) is 1.75. The Bertz CT molecular complexity index is 563. The summed E-state index contributed by atoms with van der Waals surface area (Å²) >= 11 is 1.56. The van der Waals surface area contributed by atoms with Gasteiger partial charge < -0.3 is 9.63 Å². The van der Waals surface area contributed by atoms with E-state index < -0.39 is 12.0 Å². The van der Waals surface area contributed by atoms with Crippen LogP contribution < -0.4 is 5.32 Å². The van der Waals surface area contributed by atoms with Gasteiger partial charge in [-0.15, -0.1) is 0 Å². The molecule has 1 saturated carbocycles. The van der Waals surface area contributed by atoms with Gasteiger partial charge in [-0.05, 0) is 30.2 Å². The van der Waals surface area contributed by atoms with E-state index in [4.69, 9.17) is 9.63 Å². The second kappa shape index (κ2) is 5.10. The number of carboxylic acids is 1. The summed E-state index contributed by atoms with van der Waals surface area (Å²) in [6, 6.07) is 1.39. The number of thiophene rings is 1. The highest BCUT2D eigenvalue weighted by Crippen LogP contribution is 2.32. The topological polar surface area (TPSA) is 88.2 Å². The molecule has 1 unspecified atom stereocenters. The van der Waals surface area contributed by atoms with Gasteiger partial charge in [0.05, 0.1) is 12.1 Å². The zero-order valence-corrected chi connectivity index (χ0v) is 10.9. The van der Waals surface area contributed by atoms with Gasteiger partial charge in [-0.1, -0.05) is 5.16 Å². The molecule has 7 heteroatoms. The summed E-state index contributed by atoms with van der Waals surface area (Å²) in [7, 11) is 0. The maximum Gasteiger partial charge on any atom is 0.320 e. The third-order valence-corrected chi connectivity index (χ3v) is 3.76. The molecular formula is C12H13N3O3S. The van der Waals surface area contributed by atoms with Gasteiger partial charge in [-0.25, -0.2) is 0 Å². The van der Waals surface area contributed by atoms with E-state index >= 15 is 0 Å². The van der Waals surface area contributed by atoms with E-state index in [1.165, 1.54) is 0 Å². The highest BCUT2D eigenvalue weighted by atomic mass is 32.1. The van der Waals surface area contributed by atoms with Crippen LogP contribution in [0.3, 0.4) is 0 Å². The minimum atomic E-state index is -0.816. The van der Waals surface area contributed by atoms with Crippen LogP contribution in [0.1, 0.15) is 18.7 Å². The second-order valence-corrected chi connectivity index (χ2v) is 5.34. The molecule has 19 heavy (non-hydrogen) atoms. The molecule has 0 amide bonds. The van der Waals surface area contributed by atoms with Crippen molar-refractivity contribution in [3.8, 4) is 11.5 Å². The van der Waals surface area contributed by atoms with E-state index in [1.807, 2.05) is 16.8 Å². The van der Waals surface area contributed by atoms with Crippen LogP contribution in [0.5, 0.6) is 0 Å². The molecule has 1 atom stereocenters. The number of nitrogens with zero attached hydrogens (tertiary/aromatic N) is 2. The molecule has 3 rings (SSSR count). The fourth-order valence-electron chi connectivity index (χ4n) is 1.92. The minimum absolute atomic E-state index is 0.237. The van der Waals surface area contributed by atoms with Crippen molar-refractivity contribution < 1.29 is 14.4 Å². The fraction of sp³-hybridized carbons (Fsp3) is 0.417. The summed E-state index contributed by atoms with van der Waals surface area (Å²) in [6.45, 7) is 0.307. The Morgan fingerprint density at radius 2 is 2.47 bits per heavy atom. The average Bonchev–Trinajstić information content (AvgIpc) is 2.92. The van der Waals surface area contributed by atoms with Gasteiger partial charge in [0.1, 0.15) is 6.04 Å². The van der Waals surface area contributed by atoms with E-state index in [-0.39, 0.29) is 5.92 Å². The zero-order chi connectivity index (χ0) is 13.2. The van der Waals surface area contributed by atoms with Crippen LogP contribution >= 0.6 is 11.3 Å². The normalized spacial score (nSPS) is 16.4. The van der Waals surface area contributed by atoms with Crippen molar-refractivity contribution in [1.29, 1.82) is 0 Å². The largest absolute Gasteiger partial charge is 0.480 e. The summed E-state index contributed by atoms with van der Waals surface area (Å²) in [5.74, 6) is 0.370. The molecule has 0 bridgehead atoms. The lowest BCUT2D eigenvalue weighted by Crippen LogP contribution is -2.38. The van der Waals surface area contributed by atoms with Crippen LogP contribution in [0.15, 0.2) is 21.3 Å². The number of hydrogen-bond donors (Lipinski definition) is 2. The van der Waals surface area contributed by atoms with E-state index in [2.05, 4.69) is 15.5 Å². The number of carbonyl (C=O) groups is 1. The molecule has 0 spiro atoms. The van der Waals surface area contributed by atoms with Crippen LogP contribution in [0.25, 0.3) is 11.5 Å². The Morgan fingerprint density at radius 1 is 1.63 bits per heavy atom. The molecule has 6 nitrogen and oxygen atoms in total. The molecule has 1 fully saturated rings. The molecule has 2 aromatic rings. The lowest BCUT2D eigenvalue weighted by Gasteiger charge is -2.11. The van der Waals surface area contributed by atoms with Crippen molar-refractivity contribution in [3.63, 3.8) is 0 Å². The van der Waals surface area contributed by atoms with E-state index in [1.54, 1.807) is 11.3 Å². The molecular weight excluding hydrogens is 266 g/mol. The number of hydrogen-bond acceptors (Lipinski definition) is 6. The van der Waals surface area contributed by atoms with Gasteiger partial charge in [0.25, 0.3) is 5.89 Å². The highest BCUT2D eigenvalue weighted by Gasteiger charge is 2.35. The minimum Gasteiger partial charge on any atom is -0.480 e. The van der Waals surface area contributed by atoms with Crippen molar-refractivity contribution >= 4 is 17.3 Å². The SMILES string of the molecule is O=C(O)C(NCc1noc(-c2ccsc2)n1)C1CC1. The number of rotatable bonds is 6. The fourth-order valence-corrected chi connectivity index (χ4v) is 2.55. The number of carboxylic acid groups (broad SMARTS) is 1. The van der Waals surface area contributed by atoms with Gasteiger partial charge in [0.2, 0.25) is 0 Å². The zero-order valence-electron chi connectivity index (χ0n) is 10.1. The van der Waals surface area contributed by atoms with E-state index in [9.17, 15) is 4.79 Å². The van der Waals surface area contributed by atoms with Crippen LogP contribution in [0, 0.1) is 5.92 Å². The van der Waals surface area contributed by atoms with Crippen molar-refractivity contribution in [2.75, 3.05) is 0 Å². The smallest absolute Gasteiger partial charge is 0.320 e. The van der Waals surface area contributed by atoms with Crippen LogP contribution in [0.2, 0.25) is 0 Å². The van der Waals surface area contributed by atoms with E-state index in [0.717, 1.165) is 18.4 Å². The van der Waals surface area contributed by atoms with Gasteiger partial charge in [0, 0.05) is 5.38 Å². The predicted molar refractivity (Wildman–Crippen MR) is 68.6 cm³/mol. The Kier molecular flexibility index (Phi) is 3.31. The molecule has 2 aromatic heterocycles. The molecule has 100 valence electrons. The van der Waals surface area contributed by atoms with Crippen molar-refractivity contribution in [3.05, 3.63) is 22.7 Å². The molecule has 0 aromatic carbocycles. The van der Waals surface area contributed by atoms with Gasteiger partial charge in [0.15, 0.2) is 5.82 Å².